The standard InChI is InChI=1S/C28H41F2N9O2/c1-4-5-6-9-37-14-19(29)15-39-27(37)23(25(31)34-39)26(40)33-22-13-32-12-21(30)24(22)36-10-7-18(8-11-36)28(41)38-16-20(17-38)35(2)3/h12-13,18-20H,4-11,14-17H2,1-3H3,(H2,31,34)(H,33,40). The number of nitrogens with one attached hydrogen (secondary N) is 1. The number of carbonyl (C=O) groups is 2. The first-order valence-corrected chi connectivity index (χ1v) is 14.6. The van der Waals surface area contributed by atoms with Crippen molar-refractivity contribution in [3.8, 4) is 0 Å². The van der Waals surface area contributed by atoms with E-state index in [1.165, 1.54) is 10.9 Å². The molecule has 2 aromatic rings. The number of piperidine rings is 1. The van der Waals surface area contributed by atoms with Crippen molar-refractivity contribution in [3.05, 3.63) is 23.8 Å². The summed E-state index contributed by atoms with van der Waals surface area (Å²) < 4.78 is 31.1. The molecule has 1 unspecified atom stereocenters. The van der Waals surface area contributed by atoms with E-state index in [0.29, 0.717) is 44.3 Å². The number of nitrogens with two attached hydrogens (primary N) is 1. The molecule has 11 nitrogen and oxygen atoms in total. The van der Waals surface area contributed by atoms with Crippen molar-refractivity contribution in [1.82, 2.24) is 24.6 Å². The van der Waals surface area contributed by atoms with Crippen LogP contribution in [0, 0.1) is 11.7 Å². The van der Waals surface area contributed by atoms with Gasteiger partial charge in [-0.05, 0) is 33.4 Å². The van der Waals surface area contributed by atoms with Crippen molar-refractivity contribution < 1.29 is 18.4 Å². The van der Waals surface area contributed by atoms with Crippen molar-refractivity contribution in [2.75, 3.05) is 74.2 Å². The van der Waals surface area contributed by atoms with Crippen molar-refractivity contribution in [2.45, 2.75) is 57.8 Å². The van der Waals surface area contributed by atoms with Crippen LogP contribution in [0.4, 0.5) is 31.8 Å². The van der Waals surface area contributed by atoms with Crippen LogP contribution in [0.1, 0.15) is 49.4 Å². The molecular weight excluding hydrogens is 532 g/mol. The number of unbranched alkanes of at least 4 members (excludes halogenated alkanes) is 2. The third kappa shape index (κ3) is 5.95. The largest absolute Gasteiger partial charge is 0.381 e. The molecule has 0 spiro atoms. The number of aromatic nitrogens is 3. The van der Waals surface area contributed by atoms with Gasteiger partial charge in [0.15, 0.2) is 11.6 Å². The van der Waals surface area contributed by atoms with Crippen molar-refractivity contribution in [3.63, 3.8) is 0 Å². The number of carbonyl (C=O) groups excluding carboxylic acids is 2. The minimum Gasteiger partial charge on any atom is -0.381 e. The van der Waals surface area contributed by atoms with E-state index in [-0.39, 0.29) is 47.7 Å². The maximum Gasteiger partial charge on any atom is 0.263 e. The van der Waals surface area contributed by atoms with Crippen LogP contribution in [-0.2, 0) is 11.3 Å². The van der Waals surface area contributed by atoms with Crippen LogP contribution in [0.25, 0.3) is 0 Å². The predicted molar refractivity (Wildman–Crippen MR) is 154 cm³/mol. The summed E-state index contributed by atoms with van der Waals surface area (Å²) in [7, 11) is 4.04. The van der Waals surface area contributed by atoms with Crippen LogP contribution in [-0.4, -0.2) is 102 Å². The van der Waals surface area contributed by atoms with Crippen LogP contribution in [0.15, 0.2) is 12.4 Å². The highest BCUT2D eigenvalue weighted by Crippen LogP contribution is 2.35. The van der Waals surface area contributed by atoms with Gasteiger partial charge in [0.05, 0.1) is 31.2 Å². The minimum absolute atomic E-state index is 0.000157. The highest BCUT2D eigenvalue weighted by atomic mass is 19.1. The van der Waals surface area contributed by atoms with Gasteiger partial charge in [0.25, 0.3) is 5.91 Å². The van der Waals surface area contributed by atoms with E-state index in [4.69, 9.17) is 5.73 Å². The fourth-order valence-electron chi connectivity index (χ4n) is 6.05. The molecule has 5 rings (SSSR count). The van der Waals surface area contributed by atoms with E-state index in [2.05, 4.69) is 27.2 Å². The van der Waals surface area contributed by atoms with Gasteiger partial charge in [-0.2, -0.15) is 5.10 Å². The van der Waals surface area contributed by atoms with Crippen molar-refractivity contribution in [1.29, 1.82) is 0 Å². The number of likely N-dealkylation sites (tertiary alicyclic amines) is 1. The molecule has 0 aromatic carbocycles. The summed E-state index contributed by atoms with van der Waals surface area (Å²) >= 11 is 0. The van der Waals surface area contributed by atoms with E-state index < -0.39 is 17.9 Å². The van der Waals surface area contributed by atoms with Gasteiger partial charge in [-0.25, -0.2) is 13.5 Å². The second-order valence-corrected chi connectivity index (χ2v) is 11.6. The van der Waals surface area contributed by atoms with Crippen LogP contribution in [0.2, 0.25) is 0 Å². The van der Waals surface area contributed by atoms with E-state index in [0.717, 1.165) is 38.5 Å². The molecule has 2 saturated heterocycles. The van der Waals surface area contributed by atoms with Gasteiger partial charge in [-0.3, -0.25) is 14.6 Å². The van der Waals surface area contributed by atoms with Gasteiger partial charge in [0.1, 0.15) is 23.2 Å². The summed E-state index contributed by atoms with van der Waals surface area (Å²) in [5, 5.41) is 7.06. The number of halogens is 2. The molecule has 41 heavy (non-hydrogen) atoms. The normalized spacial score (nSPS) is 19.9. The molecule has 3 aliphatic heterocycles. The van der Waals surface area contributed by atoms with Gasteiger partial charge < -0.3 is 30.7 Å². The van der Waals surface area contributed by atoms with Gasteiger partial charge >= 0.3 is 0 Å². The Morgan fingerprint density at radius 2 is 1.85 bits per heavy atom. The predicted octanol–water partition coefficient (Wildman–Crippen LogP) is 2.59. The molecule has 5 heterocycles. The number of rotatable bonds is 9. The Balaban J connectivity index is 1.30. The Hall–Kier alpha value is -3.48. The molecule has 224 valence electrons. The molecule has 0 bridgehead atoms. The van der Waals surface area contributed by atoms with Crippen LogP contribution in [0.3, 0.4) is 0 Å². The number of amides is 2. The monoisotopic (exact) mass is 573 g/mol. The Kier molecular flexibility index (Phi) is 8.62. The van der Waals surface area contributed by atoms with E-state index in [9.17, 15) is 14.0 Å². The summed E-state index contributed by atoms with van der Waals surface area (Å²) in [6.45, 7) is 5.27. The minimum atomic E-state index is -1.12. The van der Waals surface area contributed by atoms with Gasteiger partial charge in [-0.15, -0.1) is 0 Å². The van der Waals surface area contributed by atoms with Crippen LogP contribution in [0.5, 0.6) is 0 Å². The average molecular weight is 574 g/mol. The van der Waals surface area contributed by atoms with Crippen LogP contribution < -0.4 is 20.9 Å². The lowest BCUT2D eigenvalue weighted by atomic mass is 9.93. The average Bonchev–Trinajstić information content (AvgIpc) is 3.23. The molecule has 3 N–H and O–H groups in total. The molecule has 2 aromatic heterocycles. The second-order valence-electron chi connectivity index (χ2n) is 11.6. The fourth-order valence-corrected chi connectivity index (χ4v) is 6.05. The zero-order chi connectivity index (χ0) is 29.3. The Morgan fingerprint density at radius 3 is 2.54 bits per heavy atom. The number of nitrogen functional groups attached to an aromatic ring is 1. The van der Waals surface area contributed by atoms with Crippen LogP contribution >= 0.6 is 0 Å². The van der Waals surface area contributed by atoms with Crippen molar-refractivity contribution in [2.24, 2.45) is 5.92 Å². The Labute approximate surface area is 239 Å². The molecule has 0 saturated carbocycles. The number of pyridine rings is 1. The topological polar surface area (TPSA) is 116 Å². The first-order chi connectivity index (χ1) is 19.7. The van der Waals surface area contributed by atoms with E-state index >= 15 is 4.39 Å². The molecule has 13 heteroatoms. The summed E-state index contributed by atoms with van der Waals surface area (Å²) in [4.78, 5) is 38.3. The number of alkyl halides is 1. The quantitative estimate of drug-likeness (QED) is 0.440. The van der Waals surface area contributed by atoms with E-state index in [1.54, 1.807) is 0 Å². The smallest absolute Gasteiger partial charge is 0.263 e. The van der Waals surface area contributed by atoms with Gasteiger partial charge in [0, 0.05) is 44.7 Å². The highest BCUT2D eigenvalue weighted by Gasteiger charge is 2.38. The number of anilines is 4. The summed E-state index contributed by atoms with van der Waals surface area (Å²) in [6, 6.07) is 0.397. The lowest BCUT2D eigenvalue weighted by Crippen LogP contribution is -2.61. The third-order valence-electron chi connectivity index (χ3n) is 8.49. The Morgan fingerprint density at radius 1 is 1.12 bits per heavy atom. The maximum atomic E-state index is 15.2. The third-order valence-corrected chi connectivity index (χ3v) is 8.49. The molecule has 3 aliphatic rings. The second kappa shape index (κ2) is 12.2. The fraction of sp³-hybridized carbons (Fsp3) is 0.643. The first kappa shape index (κ1) is 29.0. The molecule has 0 aliphatic carbocycles. The molecule has 1 atom stereocenters. The number of fused-ring (bicyclic) bond motifs is 1. The number of likely N-dealkylation sites (N-methyl/N-ethyl adjacent to an activating group) is 1. The van der Waals surface area contributed by atoms with E-state index in [1.807, 2.05) is 28.8 Å². The molecule has 2 amide bonds. The molecule has 0 radical (unpaired) electrons. The number of hydrogen-bond donors (Lipinski definition) is 2. The highest BCUT2D eigenvalue weighted by molar-refractivity contribution is 6.12. The lowest BCUT2D eigenvalue weighted by molar-refractivity contribution is -0.143. The molecule has 2 fully saturated rings. The number of hydrogen-bond acceptors (Lipinski definition) is 8. The lowest BCUT2D eigenvalue weighted by Gasteiger charge is -2.45. The summed E-state index contributed by atoms with van der Waals surface area (Å²) in [5.41, 5.74) is 6.78. The van der Waals surface area contributed by atoms with Gasteiger partial charge in [-0.1, -0.05) is 19.8 Å². The van der Waals surface area contributed by atoms with Crippen molar-refractivity contribution >= 4 is 34.8 Å². The molecular formula is C28H41F2N9O2. The van der Waals surface area contributed by atoms with Gasteiger partial charge in [0.2, 0.25) is 5.91 Å². The summed E-state index contributed by atoms with van der Waals surface area (Å²) in [5.74, 6) is -0.567. The zero-order valence-corrected chi connectivity index (χ0v) is 24.2. The zero-order valence-electron chi connectivity index (χ0n) is 24.2. The SMILES string of the molecule is CCCCCN1CC(F)Cn2nc(N)c(C(=O)Nc3cncc(F)c3N3CCC(C(=O)N4CC(N(C)C)C4)CC3)c21. The maximum absolute atomic E-state index is 15.2. The Bertz CT molecular complexity index is 1260. The number of nitrogens with zero attached hydrogens (tertiary/aromatic N) is 7. The summed E-state index contributed by atoms with van der Waals surface area (Å²) in [6.07, 6.45) is 5.44. The first-order valence-electron chi connectivity index (χ1n) is 14.6.